The van der Waals surface area contributed by atoms with Gasteiger partial charge in [-0.3, -0.25) is 9.59 Å². The van der Waals surface area contributed by atoms with Gasteiger partial charge in [-0.2, -0.15) is 0 Å². The fourth-order valence-corrected chi connectivity index (χ4v) is 5.03. The van der Waals surface area contributed by atoms with Crippen LogP contribution in [0.15, 0.2) is 103 Å². The number of ether oxygens (including phenoxy) is 3. The molecule has 0 radical (unpaired) electrons. The molecule has 4 aromatic carbocycles. The number of carbonyl (C=O) groups excluding carboxylic acids is 3. The summed E-state index contributed by atoms with van der Waals surface area (Å²) in [6, 6.07) is 30.5. The minimum Gasteiger partial charge on any atom is -0.495 e. The molecular formula is C37H40N2O6. The standard InChI is InChI=1S/C37H40N2O6/c1-4-13-35(40)39(33-18-10-11-19-34(33)43-2)24-12-25-45-29-22-20-27(21-23-29)26-32(37(42)44-3)38-31-17-9-8-16-30(31)36(41)28-14-6-5-7-15-28/h5-11,14-23,32,38H,4,12-13,24-26H2,1-3H3/t32-/m0/s1. The summed E-state index contributed by atoms with van der Waals surface area (Å²) in [5, 5.41) is 3.24. The van der Waals surface area contributed by atoms with E-state index in [-0.39, 0.29) is 11.7 Å². The summed E-state index contributed by atoms with van der Waals surface area (Å²) < 4.78 is 16.5. The largest absolute Gasteiger partial charge is 0.495 e. The molecular weight excluding hydrogens is 568 g/mol. The first kappa shape index (κ1) is 32.8. The normalized spacial score (nSPS) is 11.3. The van der Waals surface area contributed by atoms with Crippen LogP contribution in [0.1, 0.15) is 47.7 Å². The summed E-state index contributed by atoms with van der Waals surface area (Å²) >= 11 is 0. The van der Waals surface area contributed by atoms with Crippen LogP contribution >= 0.6 is 0 Å². The zero-order valence-corrected chi connectivity index (χ0v) is 26.0. The van der Waals surface area contributed by atoms with Crippen molar-refractivity contribution in [3.05, 3.63) is 120 Å². The summed E-state index contributed by atoms with van der Waals surface area (Å²) in [4.78, 5) is 40.6. The molecule has 8 nitrogen and oxygen atoms in total. The molecule has 0 aliphatic heterocycles. The first-order valence-corrected chi connectivity index (χ1v) is 15.1. The van der Waals surface area contributed by atoms with Crippen molar-refractivity contribution < 1.29 is 28.6 Å². The molecule has 0 fully saturated rings. The number of benzene rings is 4. The monoisotopic (exact) mass is 608 g/mol. The van der Waals surface area contributed by atoms with Crippen molar-refractivity contribution in [3.8, 4) is 11.5 Å². The molecule has 0 heterocycles. The van der Waals surface area contributed by atoms with E-state index < -0.39 is 12.0 Å². The van der Waals surface area contributed by atoms with Gasteiger partial charge in [0.25, 0.3) is 0 Å². The van der Waals surface area contributed by atoms with Crippen molar-refractivity contribution in [2.24, 2.45) is 0 Å². The molecule has 1 atom stereocenters. The maximum atomic E-state index is 13.2. The molecule has 8 heteroatoms. The molecule has 0 saturated heterocycles. The number of anilines is 2. The van der Waals surface area contributed by atoms with E-state index in [1.807, 2.05) is 79.7 Å². The van der Waals surface area contributed by atoms with Crippen LogP contribution in [-0.4, -0.2) is 51.1 Å². The van der Waals surface area contributed by atoms with E-state index in [1.165, 1.54) is 7.11 Å². The lowest BCUT2D eigenvalue weighted by Crippen LogP contribution is -2.33. The highest BCUT2D eigenvalue weighted by molar-refractivity contribution is 6.12. The van der Waals surface area contributed by atoms with Crippen LogP contribution in [0.3, 0.4) is 0 Å². The highest BCUT2D eigenvalue weighted by Gasteiger charge is 2.23. The predicted octanol–water partition coefficient (Wildman–Crippen LogP) is 6.72. The Hall–Kier alpha value is -5.11. The lowest BCUT2D eigenvalue weighted by atomic mass is 10.00. The molecule has 0 aliphatic carbocycles. The van der Waals surface area contributed by atoms with Crippen molar-refractivity contribution >= 4 is 29.0 Å². The number of methoxy groups -OCH3 is 2. The SMILES string of the molecule is CCCC(=O)N(CCCOc1ccc(C[C@H](Nc2ccccc2C(=O)c2ccccc2)C(=O)OC)cc1)c1ccccc1OC. The van der Waals surface area contributed by atoms with Crippen LogP contribution in [0, 0.1) is 0 Å². The lowest BCUT2D eigenvalue weighted by Gasteiger charge is -2.24. The second-order valence-electron chi connectivity index (χ2n) is 10.5. The van der Waals surface area contributed by atoms with E-state index in [0.717, 1.165) is 17.7 Å². The van der Waals surface area contributed by atoms with Crippen LogP contribution in [-0.2, 0) is 20.7 Å². The van der Waals surface area contributed by atoms with Gasteiger partial charge >= 0.3 is 5.97 Å². The van der Waals surface area contributed by atoms with E-state index in [1.54, 1.807) is 42.3 Å². The quantitative estimate of drug-likeness (QED) is 0.0857. The van der Waals surface area contributed by atoms with Crippen molar-refractivity contribution in [1.82, 2.24) is 0 Å². The Labute approximate surface area is 264 Å². The van der Waals surface area contributed by atoms with Crippen molar-refractivity contribution in [3.63, 3.8) is 0 Å². The Morgan fingerprint density at radius 3 is 2.22 bits per heavy atom. The summed E-state index contributed by atoms with van der Waals surface area (Å²) in [6.07, 6.45) is 2.19. The fourth-order valence-electron chi connectivity index (χ4n) is 5.03. The summed E-state index contributed by atoms with van der Waals surface area (Å²) in [5.74, 6) is 0.819. The molecule has 0 saturated carbocycles. The van der Waals surface area contributed by atoms with Gasteiger partial charge in [0.2, 0.25) is 5.91 Å². The Bertz CT molecular complexity index is 1550. The van der Waals surface area contributed by atoms with Crippen molar-refractivity contribution in [2.75, 3.05) is 37.6 Å². The number of nitrogens with zero attached hydrogens (tertiary/aromatic N) is 1. The van der Waals surface area contributed by atoms with E-state index in [4.69, 9.17) is 14.2 Å². The van der Waals surface area contributed by atoms with Gasteiger partial charge < -0.3 is 24.4 Å². The first-order chi connectivity index (χ1) is 21.9. The van der Waals surface area contributed by atoms with Gasteiger partial charge in [-0.15, -0.1) is 0 Å². The molecule has 0 aliphatic rings. The summed E-state index contributed by atoms with van der Waals surface area (Å²) in [5.41, 5.74) is 3.24. The van der Waals surface area contributed by atoms with E-state index in [0.29, 0.717) is 60.7 Å². The van der Waals surface area contributed by atoms with Gasteiger partial charge in [-0.25, -0.2) is 4.79 Å². The van der Waals surface area contributed by atoms with E-state index >= 15 is 0 Å². The van der Waals surface area contributed by atoms with Crippen LogP contribution in [0.25, 0.3) is 0 Å². The number of hydrogen-bond donors (Lipinski definition) is 1. The zero-order chi connectivity index (χ0) is 32.0. The van der Waals surface area contributed by atoms with E-state index in [2.05, 4.69) is 5.32 Å². The number of hydrogen-bond acceptors (Lipinski definition) is 7. The Morgan fingerprint density at radius 2 is 1.51 bits per heavy atom. The van der Waals surface area contributed by atoms with Crippen LogP contribution in [0.5, 0.6) is 11.5 Å². The number of para-hydroxylation sites is 3. The average molecular weight is 609 g/mol. The Morgan fingerprint density at radius 1 is 0.822 bits per heavy atom. The first-order valence-electron chi connectivity index (χ1n) is 15.1. The minimum atomic E-state index is -0.715. The van der Waals surface area contributed by atoms with Gasteiger partial charge in [0.15, 0.2) is 5.78 Å². The molecule has 0 spiro atoms. The van der Waals surface area contributed by atoms with Crippen LogP contribution in [0.2, 0.25) is 0 Å². The summed E-state index contributed by atoms with van der Waals surface area (Å²) in [7, 11) is 2.95. The van der Waals surface area contributed by atoms with Gasteiger partial charge in [0, 0.05) is 36.2 Å². The third kappa shape index (κ3) is 8.95. The van der Waals surface area contributed by atoms with E-state index in [9.17, 15) is 14.4 Å². The van der Waals surface area contributed by atoms with Crippen molar-refractivity contribution in [1.29, 1.82) is 0 Å². The molecule has 4 rings (SSSR count). The molecule has 0 aromatic heterocycles. The number of carbonyl (C=O) groups is 3. The number of nitrogens with one attached hydrogen (secondary N) is 1. The molecule has 4 aromatic rings. The highest BCUT2D eigenvalue weighted by atomic mass is 16.5. The maximum absolute atomic E-state index is 13.2. The van der Waals surface area contributed by atoms with Gasteiger partial charge in [-0.1, -0.05) is 73.7 Å². The Kier molecular flexibility index (Phi) is 12.1. The third-order valence-electron chi connectivity index (χ3n) is 7.32. The molecule has 1 amide bonds. The third-order valence-corrected chi connectivity index (χ3v) is 7.32. The smallest absolute Gasteiger partial charge is 0.328 e. The second-order valence-corrected chi connectivity index (χ2v) is 10.5. The number of rotatable bonds is 16. The predicted molar refractivity (Wildman–Crippen MR) is 176 cm³/mol. The second kappa shape index (κ2) is 16.7. The minimum absolute atomic E-state index is 0.0483. The molecule has 234 valence electrons. The number of esters is 1. The van der Waals surface area contributed by atoms with Gasteiger partial charge in [-0.05, 0) is 54.8 Å². The van der Waals surface area contributed by atoms with Crippen molar-refractivity contribution in [2.45, 2.75) is 38.6 Å². The number of ketones is 1. The highest BCUT2D eigenvalue weighted by Crippen LogP contribution is 2.29. The topological polar surface area (TPSA) is 94.2 Å². The van der Waals surface area contributed by atoms with Gasteiger partial charge in [0.05, 0.1) is 26.5 Å². The van der Waals surface area contributed by atoms with Crippen LogP contribution in [0.4, 0.5) is 11.4 Å². The lowest BCUT2D eigenvalue weighted by molar-refractivity contribution is -0.141. The zero-order valence-electron chi connectivity index (χ0n) is 26.0. The Balaban J connectivity index is 1.37. The summed E-state index contributed by atoms with van der Waals surface area (Å²) in [6.45, 7) is 2.90. The van der Waals surface area contributed by atoms with Crippen LogP contribution < -0.4 is 19.7 Å². The molecule has 1 N–H and O–H groups in total. The fraction of sp³-hybridized carbons (Fsp3) is 0.270. The molecule has 45 heavy (non-hydrogen) atoms. The molecule has 0 unspecified atom stereocenters. The molecule has 0 bridgehead atoms. The average Bonchev–Trinajstić information content (AvgIpc) is 3.08. The van der Waals surface area contributed by atoms with Gasteiger partial charge in [0.1, 0.15) is 17.5 Å². The number of amides is 1. The maximum Gasteiger partial charge on any atom is 0.328 e.